The average Bonchev–Trinajstić information content (AvgIpc) is 3.20. The molecule has 0 spiro atoms. The van der Waals surface area contributed by atoms with E-state index in [1.165, 1.54) is 0 Å². The fraction of sp³-hybridized carbons (Fsp3) is 0.250. The Kier molecular flexibility index (Phi) is 10.8. The first-order chi connectivity index (χ1) is 25.5. The zero-order chi connectivity index (χ0) is 35.7. The standard InChI is InChI=1S/C44H42ClN4O3.BrH/c1-4-30-28-49(27-29-23-34(50-2)26-35(24-29)51-3)22-20-33(30)25-39(49)41(37-19-21-46-38-18-12-11-17-36(37)38)52-44-40(31-13-7-5-8-14-31)42(45)47-43(48-44)32-15-9-6-10-16-32;/h4-19,21,23-24,26,30,33,39,41H,1,20,22,25,27-28H2,2-3H3;1H/q+1;/p-1/t30-,33-,39+,41?,49+;/m0./s1. The lowest BCUT2D eigenvalue weighted by Gasteiger charge is -2.58. The maximum absolute atomic E-state index is 7.50. The summed E-state index contributed by atoms with van der Waals surface area (Å²) in [5.74, 6) is 3.42. The second-order valence-corrected chi connectivity index (χ2v) is 14.3. The first kappa shape index (κ1) is 36.6. The smallest absolute Gasteiger partial charge is 0.227 e. The molecular formula is C44H42BrClN4O3. The number of hydrogen-bond donors (Lipinski definition) is 0. The molecule has 0 N–H and O–H groups in total. The maximum Gasteiger partial charge on any atom is 0.227 e. The normalized spacial score (nSPS) is 21.0. The van der Waals surface area contributed by atoms with Gasteiger partial charge in [-0.05, 0) is 35.7 Å². The van der Waals surface area contributed by atoms with E-state index in [1.54, 1.807) is 14.2 Å². The van der Waals surface area contributed by atoms with Crippen LogP contribution in [0.15, 0.2) is 128 Å². The molecule has 5 atom stereocenters. The number of hydrogen-bond acceptors (Lipinski definition) is 6. The zero-order valence-corrected chi connectivity index (χ0v) is 32.2. The SMILES string of the molecule is C=C[C@H]1C[N@+]2(Cc3cc(OC)cc(OC)c3)CC[C@H]1C[C@@H]2C(Oc1nc(-c2ccccc2)nc(Cl)c1-c1ccccc1)c1ccnc2ccccc12.[Br-]. The summed E-state index contributed by atoms with van der Waals surface area (Å²) in [7, 11) is 3.40. The molecule has 9 heteroatoms. The molecule has 3 fully saturated rings. The highest BCUT2D eigenvalue weighted by Gasteiger charge is 2.55. The predicted molar refractivity (Wildman–Crippen MR) is 206 cm³/mol. The van der Waals surface area contributed by atoms with E-state index in [0.717, 1.165) is 81.6 Å². The van der Waals surface area contributed by atoms with Crippen LogP contribution in [0.3, 0.4) is 0 Å². The third-order valence-electron chi connectivity index (χ3n) is 11.1. The second-order valence-electron chi connectivity index (χ2n) is 14.0. The molecule has 3 aliphatic heterocycles. The van der Waals surface area contributed by atoms with Crippen molar-refractivity contribution >= 4 is 22.5 Å². The zero-order valence-electron chi connectivity index (χ0n) is 29.9. The number of aromatic nitrogens is 3. The molecule has 7 nitrogen and oxygen atoms in total. The number of piperidine rings is 3. The van der Waals surface area contributed by atoms with Crippen molar-refractivity contribution in [3.8, 4) is 39.9 Å². The van der Waals surface area contributed by atoms with Gasteiger partial charge in [-0.25, -0.2) is 4.98 Å². The Morgan fingerprint density at radius 2 is 1.55 bits per heavy atom. The van der Waals surface area contributed by atoms with E-state index in [9.17, 15) is 0 Å². The fourth-order valence-electron chi connectivity index (χ4n) is 8.58. The Morgan fingerprint density at radius 3 is 2.25 bits per heavy atom. The summed E-state index contributed by atoms with van der Waals surface area (Å²) in [6.45, 7) is 7.04. The molecule has 53 heavy (non-hydrogen) atoms. The Hall–Kier alpha value is -4.76. The first-order valence-corrected chi connectivity index (χ1v) is 18.3. The Balaban J connectivity index is 0.00000435. The van der Waals surface area contributed by atoms with Crippen LogP contribution in [0.2, 0.25) is 5.15 Å². The van der Waals surface area contributed by atoms with Gasteiger partial charge in [-0.1, -0.05) is 96.5 Å². The number of pyridine rings is 1. The number of fused-ring (bicyclic) bond motifs is 4. The average molecular weight is 790 g/mol. The van der Waals surface area contributed by atoms with Gasteiger partial charge in [0, 0.05) is 53.1 Å². The van der Waals surface area contributed by atoms with E-state index < -0.39 is 6.10 Å². The van der Waals surface area contributed by atoms with Crippen molar-refractivity contribution < 1.29 is 35.7 Å². The van der Waals surface area contributed by atoms with Gasteiger partial charge in [0.05, 0.1) is 38.4 Å². The number of ether oxygens (including phenoxy) is 3. The van der Waals surface area contributed by atoms with Gasteiger partial charge in [-0.15, -0.1) is 6.58 Å². The van der Waals surface area contributed by atoms with E-state index in [4.69, 9.17) is 40.8 Å². The number of rotatable bonds is 11. The topological polar surface area (TPSA) is 66.4 Å². The van der Waals surface area contributed by atoms with Crippen LogP contribution in [0.5, 0.6) is 17.4 Å². The highest BCUT2D eigenvalue weighted by atomic mass is 79.9. The molecule has 5 heterocycles. The summed E-state index contributed by atoms with van der Waals surface area (Å²) in [4.78, 5) is 14.7. The minimum atomic E-state index is -0.397. The molecular weight excluding hydrogens is 748 g/mol. The van der Waals surface area contributed by atoms with Crippen molar-refractivity contribution in [1.82, 2.24) is 15.0 Å². The number of methoxy groups -OCH3 is 2. The summed E-state index contributed by atoms with van der Waals surface area (Å²) in [5.41, 5.74) is 5.59. The predicted octanol–water partition coefficient (Wildman–Crippen LogP) is 6.76. The molecule has 1 unspecified atom stereocenters. The molecule has 0 saturated carbocycles. The van der Waals surface area contributed by atoms with Crippen molar-refractivity contribution in [3.63, 3.8) is 0 Å². The third-order valence-corrected chi connectivity index (χ3v) is 11.4. The molecule has 0 amide bonds. The van der Waals surface area contributed by atoms with E-state index in [2.05, 4.69) is 49.1 Å². The van der Waals surface area contributed by atoms with Crippen LogP contribution in [-0.2, 0) is 6.54 Å². The maximum atomic E-state index is 7.50. The molecule has 0 aliphatic carbocycles. The number of halogens is 2. The van der Waals surface area contributed by atoms with Gasteiger partial charge in [-0.3, -0.25) is 4.98 Å². The molecule has 4 aromatic carbocycles. The second kappa shape index (κ2) is 15.7. The molecule has 2 bridgehead atoms. The largest absolute Gasteiger partial charge is 1.00 e. The summed E-state index contributed by atoms with van der Waals surface area (Å²) in [6.07, 6.45) is 5.75. The molecule has 3 aliphatic rings. The Bertz CT molecular complexity index is 2200. The van der Waals surface area contributed by atoms with Gasteiger partial charge in [0.1, 0.15) is 29.2 Å². The van der Waals surface area contributed by atoms with Crippen LogP contribution < -0.4 is 31.2 Å². The highest BCUT2D eigenvalue weighted by Crippen LogP contribution is 2.50. The molecule has 6 aromatic rings. The van der Waals surface area contributed by atoms with Crippen LogP contribution in [0.25, 0.3) is 33.4 Å². The van der Waals surface area contributed by atoms with Gasteiger partial charge < -0.3 is 35.7 Å². The van der Waals surface area contributed by atoms with Crippen molar-refractivity contribution in [2.24, 2.45) is 11.8 Å². The van der Waals surface area contributed by atoms with Crippen LogP contribution in [0.1, 0.15) is 30.1 Å². The van der Waals surface area contributed by atoms with Gasteiger partial charge in [-0.2, -0.15) is 4.98 Å². The molecule has 270 valence electrons. The van der Waals surface area contributed by atoms with Crippen molar-refractivity contribution in [1.29, 1.82) is 0 Å². The van der Waals surface area contributed by atoms with Gasteiger partial charge in [0.2, 0.25) is 5.88 Å². The lowest BCUT2D eigenvalue weighted by molar-refractivity contribution is -0.984. The summed E-state index contributed by atoms with van der Waals surface area (Å²) >= 11 is 7.14. The first-order valence-electron chi connectivity index (χ1n) is 17.9. The molecule has 0 radical (unpaired) electrons. The van der Waals surface area contributed by atoms with Gasteiger partial charge >= 0.3 is 0 Å². The van der Waals surface area contributed by atoms with Crippen LogP contribution in [-0.4, -0.2) is 52.8 Å². The van der Waals surface area contributed by atoms with E-state index >= 15 is 0 Å². The van der Waals surface area contributed by atoms with Crippen molar-refractivity contribution in [3.05, 3.63) is 144 Å². The number of nitrogens with zero attached hydrogens (tertiary/aromatic N) is 4. The van der Waals surface area contributed by atoms with Gasteiger partial charge in [0.15, 0.2) is 11.9 Å². The highest BCUT2D eigenvalue weighted by molar-refractivity contribution is 6.32. The molecule has 3 saturated heterocycles. The lowest BCUT2D eigenvalue weighted by atomic mass is 9.71. The lowest BCUT2D eigenvalue weighted by Crippen LogP contribution is -3.00. The summed E-state index contributed by atoms with van der Waals surface area (Å²) < 4.78 is 19.8. The monoisotopic (exact) mass is 788 g/mol. The third kappa shape index (κ3) is 7.16. The Labute approximate surface area is 326 Å². The number of benzene rings is 4. The van der Waals surface area contributed by atoms with Crippen molar-refractivity contribution in [2.75, 3.05) is 27.3 Å². The van der Waals surface area contributed by atoms with E-state index in [0.29, 0.717) is 34.3 Å². The quantitative estimate of drug-likeness (QED) is 0.0822. The van der Waals surface area contributed by atoms with Crippen LogP contribution >= 0.6 is 11.6 Å². The summed E-state index contributed by atoms with van der Waals surface area (Å²) in [5, 5.41) is 1.40. The van der Waals surface area contributed by atoms with Crippen molar-refractivity contribution in [2.45, 2.75) is 31.5 Å². The summed E-state index contributed by atoms with van der Waals surface area (Å²) in [6, 6.07) is 36.7. The minimum Gasteiger partial charge on any atom is -1.00 e. The Morgan fingerprint density at radius 1 is 0.868 bits per heavy atom. The number of para-hydroxylation sites is 1. The van der Waals surface area contributed by atoms with E-state index in [-0.39, 0.29) is 23.0 Å². The van der Waals surface area contributed by atoms with E-state index in [1.807, 2.05) is 79.0 Å². The molecule has 2 aromatic heterocycles. The number of quaternary nitrogens is 1. The van der Waals surface area contributed by atoms with Crippen LogP contribution in [0, 0.1) is 11.8 Å². The molecule has 9 rings (SSSR count). The van der Waals surface area contributed by atoms with Gasteiger partial charge in [0.25, 0.3) is 0 Å². The van der Waals surface area contributed by atoms with Crippen LogP contribution in [0.4, 0.5) is 0 Å². The fourth-order valence-corrected chi connectivity index (χ4v) is 8.85. The minimum absolute atomic E-state index is 0.